The van der Waals surface area contributed by atoms with Gasteiger partial charge in [-0.05, 0) is 71.1 Å². The Morgan fingerprint density at radius 1 is 1.30 bits per heavy atom. The lowest BCUT2D eigenvalue weighted by Gasteiger charge is -2.29. The van der Waals surface area contributed by atoms with Crippen molar-refractivity contribution in [3.63, 3.8) is 0 Å². The van der Waals surface area contributed by atoms with E-state index in [1.165, 1.54) is 45.2 Å². The molecule has 4 heteroatoms. The van der Waals surface area contributed by atoms with Gasteiger partial charge in [-0.3, -0.25) is 4.79 Å². The lowest BCUT2D eigenvalue weighted by molar-refractivity contribution is -0.122. The first-order valence-corrected chi connectivity index (χ1v) is 8.46. The highest BCUT2D eigenvalue weighted by Crippen LogP contribution is 2.15. The Morgan fingerprint density at radius 2 is 2.10 bits per heavy atom. The van der Waals surface area contributed by atoms with Crippen LogP contribution in [0.5, 0.6) is 0 Å². The number of carbonyl (C=O) groups is 1. The zero-order valence-corrected chi connectivity index (χ0v) is 13.0. The van der Waals surface area contributed by atoms with Gasteiger partial charge in [0.25, 0.3) is 0 Å². The van der Waals surface area contributed by atoms with Gasteiger partial charge in [-0.15, -0.1) is 0 Å². The topological polar surface area (TPSA) is 44.4 Å². The highest BCUT2D eigenvalue weighted by atomic mass is 16.1. The molecule has 0 aromatic carbocycles. The molecule has 0 aromatic rings. The minimum absolute atomic E-state index is 0.236. The minimum atomic E-state index is 0.236. The molecule has 2 unspecified atom stereocenters. The smallest absolute Gasteiger partial charge is 0.220 e. The Hall–Kier alpha value is -0.610. The Kier molecular flexibility index (Phi) is 6.80. The van der Waals surface area contributed by atoms with Gasteiger partial charge in [-0.2, -0.15) is 0 Å². The molecule has 20 heavy (non-hydrogen) atoms. The van der Waals surface area contributed by atoms with E-state index in [4.69, 9.17) is 0 Å². The molecule has 2 rings (SSSR count). The van der Waals surface area contributed by atoms with Crippen LogP contribution in [0.25, 0.3) is 0 Å². The van der Waals surface area contributed by atoms with E-state index in [0.717, 1.165) is 26.1 Å². The van der Waals surface area contributed by atoms with E-state index < -0.39 is 0 Å². The monoisotopic (exact) mass is 281 g/mol. The van der Waals surface area contributed by atoms with Crippen molar-refractivity contribution in [1.82, 2.24) is 15.5 Å². The van der Waals surface area contributed by atoms with Crippen LogP contribution >= 0.6 is 0 Å². The lowest BCUT2D eigenvalue weighted by atomic mass is 9.94. The van der Waals surface area contributed by atoms with Gasteiger partial charge >= 0.3 is 0 Å². The fraction of sp³-hybridized carbons (Fsp3) is 0.938. The van der Waals surface area contributed by atoms with Gasteiger partial charge in [-0.25, -0.2) is 0 Å². The number of rotatable bonds is 6. The van der Waals surface area contributed by atoms with Gasteiger partial charge in [-0.1, -0.05) is 6.42 Å². The Balaban J connectivity index is 1.57. The van der Waals surface area contributed by atoms with Crippen LogP contribution in [0, 0.1) is 5.92 Å². The molecule has 1 amide bonds. The maximum Gasteiger partial charge on any atom is 0.220 e. The van der Waals surface area contributed by atoms with Gasteiger partial charge in [0.15, 0.2) is 0 Å². The number of carbonyl (C=O) groups excluding carboxylic acids is 1. The second-order valence-electron chi connectivity index (χ2n) is 6.58. The second kappa shape index (κ2) is 8.63. The van der Waals surface area contributed by atoms with Crippen molar-refractivity contribution in [2.75, 3.05) is 32.7 Å². The average Bonchev–Trinajstić information content (AvgIpc) is 2.47. The van der Waals surface area contributed by atoms with Crippen LogP contribution in [0.1, 0.15) is 51.9 Å². The van der Waals surface area contributed by atoms with E-state index in [0.29, 0.717) is 12.3 Å². The van der Waals surface area contributed by atoms with Crippen molar-refractivity contribution >= 4 is 5.91 Å². The van der Waals surface area contributed by atoms with Crippen molar-refractivity contribution in [2.24, 2.45) is 5.92 Å². The van der Waals surface area contributed by atoms with Crippen LogP contribution in [-0.2, 0) is 4.79 Å². The van der Waals surface area contributed by atoms with Gasteiger partial charge in [0.05, 0.1) is 0 Å². The van der Waals surface area contributed by atoms with E-state index in [1.807, 2.05) is 0 Å². The summed E-state index contributed by atoms with van der Waals surface area (Å²) in [5, 5.41) is 6.58. The number of nitrogens with one attached hydrogen (secondary N) is 2. The molecule has 2 fully saturated rings. The summed E-state index contributed by atoms with van der Waals surface area (Å²) in [6, 6.07) is 0.282. The van der Waals surface area contributed by atoms with E-state index in [1.54, 1.807) is 0 Å². The number of hydrogen-bond acceptors (Lipinski definition) is 3. The molecule has 0 spiro atoms. The van der Waals surface area contributed by atoms with Crippen LogP contribution in [0.2, 0.25) is 0 Å². The first kappa shape index (κ1) is 15.8. The molecule has 0 radical (unpaired) electrons. The Labute approximate surface area is 123 Å². The van der Waals surface area contributed by atoms with Crippen molar-refractivity contribution in [1.29, 1.82) is 0 Å². The summed E-state index contributed by atoms with van der Waals surface area (Å²) in [7, 11) is 0. The van der Waals surface area contributed by atoms with Crippen LogP contribution in [0.4, 0.5) is 0 Å². The van der Waals surface area contributed by atoms with Gasteiger partial charge in [0.1, 0.15) is 0 Å². The van der Waals surface area contributed by atoms with Crippen LogP contribution in [0.3, 0.4) is 0 Å². The molecular formula is C16H31N3O. The summed E-state index contributed by atoms with van der Waals surface area (Å²) in [5.74, 6) is 0.937. The predicted molar refractivity (Wildman–Crippen MR) is 82.7 cm³/mol. The van der Waals surface area contributed by atoms with Gasteiger partial charge < -0.3 is 15.5 Å². The fourth-order valence-corrected chi connectivity index (χ4v) is 3.43. The van der Waals surface area contributed by atoms with Crippen LogP contribution < -0.4 is 10.6 Å². The summed E-state index contributed by atoms with van der Waals surface area (Å²) in [5.41, 5.74) is 0. The minimum Gasteiger partial charge on any atom is -0.352 e. The zero-order chi connectivity index (χ0) is 14.2. The number of likely N-dealkylation sites (tertiary alicyclic amines) is 1. The highest BCUT2D eigenvalue weighted by molar-refractivity contribution is 5.76. The van der Waals surface area contributed by atoms with E-state index in [2.05, 4.69) is 22.5 Å². The van der Waals surface area contributed by atoms with E-state index >= 15 is 0 Å². The van der Waals surface area contributed by atoms with Crippen molar-refractivity contribution in [3.05, 3.63) is 0 Å². The largest absolute Gasteiger partial charge is 0.352 e. The normalized spacial score (nSPS) is 26.1. The average molecular weight is 281 g/mol. The first-order valence-electron chi connectivity index (χ1n) is 8.46. The number of amides is 1. The number of hydrogen-bond donors (Lipinski definition) is 2. The third-order valence-electron chi connectivity index (χ3n) is 4.57. The van der Waals surface area contributed by atoms with Crippen molar-refractivity contribution in [2.45, 2.75) is 57.9 Å². The Morgan fingerprint density at radius 3 is 2.80 bits per heavy atom. The lowest BCUT2D eigenvalue weighted by Crippen LogP contribution is -2.43. The van der Waals surface area contributed by atoms with Crippen molar-refractivity contribution < 1.29 is 4.79 Å². The molecule has 4 nitrogen and oxygen atoms in total. The summed E-state index contributed by atoms with van der Waals surface area (Å²) < 4.78 is 0. The van der Waals surface area contributed by atoms with E-state index in [-0.39, 0.29) is 11.9 Å². The van der Waals surface area contributed by atoms with Crippen LogP contribution in [-0.4, -0.2) is 49.6 Å². The molecule has 2 aliphatic heterocycles. The van der Waals surface area contributed by atoms with Gasteiger partial charge in [0, 0.05) is 19.0 Å². The zero-order valence-electron chi connectivity index (χ0n) is 13.0. The molecule has 2 N–H and O–H groups in total. The fourth-order valence-electron chi connectivity index (χ4n) is 3.43. The van der Waals surface area contributed by atoms with Crippen LogP contribution in [0.15, 0.2) is 0 Å². The van der Waals surface area contributed by atoms with Crippen molar-refractivity contribution in [3.8, 4) is 0 Å². The number of piperidine rings is 2. The maximum absolute atomic E-state index is 12.0. The first-order chi connectivity index (χ1) is 9.74. The molecular weight excluding hydrogens is 250 g/mol. The third kappa shape index (κ3) is 5.80. The molecule has 2 atom stereocenters. The summed E-state index contributed by atoms with van der Waals surface area (Å²) >= 11 is 0. The SMILES string of the molecule is CC(CN1CCCCC1)NC(=O)CCC1CCCNC1. The molecule has 0 bridgehead atoms. The summed E-state index contributed by atoms with van der Waals surface area (Å²) in [6.07, 6.45) is 8.27. The Bertz CT molecular complexity index is 283. The molecule has 2 heterocycles. The summed E-state index contributed by atoms with van der Waals surface area (Å²) in [4.78, 5) is 14.5. The van der Waals surface area contributed by atoms with E-state index in [9.17, 15) is 4.79 Å². The quantitative estimate of drug-likeness (QED) is 0.780. The molecule has 2 aliphatic rings. The maximum atomic E-state index is 12.0. The molecule has 2 saturated heterocycles. The second-order valence-corrected chi connectivity index (χ2v) is 6.58. The number of nitrogens with zero attached hydrogens (tertiary/aromatic N) is 1. The molecule has 116 valence electrons. The molecule has 0 aliphatic carbocycles. The summed E-state index contributed by atoms with van der Waals surface area (Å²) in [6.45, 7) is 7.79. The highest BCUT2D eigenvalue weighted by Gasteiger charge is 2.17. The molecule has 0 saturated carbocycles. The molecule has 0 aromatic heterocycles. The predicted octanol–water partition coefficient (Wildman–Crippen LogP) is 1.76. The standard InChI is InChI=1S/C16H31N3O/c1-14(13-19-10-3-2-4-11-19)18-16(20)8-7-15-6-5-9-17-12-15/h14-15,17H,2-13H2,1H3,(H,18,20). The third-order valence-corrected chi connectivity index (χ3v) is 4.57. The van der Waals surface area contributed by atoms with Gasteiger partial charge in [0.2, 0.25) is 5.91 Å².